The third-order valence-electron chi connectivity index (χ3n) is 5.07. The molecule has 6 nitrogen and oxygen atoms in total. The lowest BCUT2D eigenvalue weighted by molar-refractivity contribution is -0.120. The first-order valence-electron chi connectivity index (χ1n) is 9.48. The summed E-state index contributed by atoms with van der Waals surface area (Å²) in [4.78, 5) is 14.8. The lowest BCUT2D eigenvalue weighted by Crippen LogP contribution is -2.33. The molecule has 1 aliphatic rings. The van der Waals surface area contributed by atoms with Crippen molar-refractivity contribution in [1.29, 1.82) is 0 Å². The maximum atomic E-state index is 12.2. The maximum Gasteiger partial charge on any atom is 0.233 e. The van der Waals surface area contributed by atoms with E-state index in [4.69, 9.17) is 4.74 Å². The second-order valence-electron chi connectivity index (χ2n) is 6.99. The molecule has 3 rings (SSSR count). The highest BCUT2D eigenvalue weighted by atomic mass is 32.2. The number of hydrogen-bond acceptors (Lipinski definition) is 6. The van der Waals surface area contributed by atoms with Crippen molar-refractivity contribution in [2.45, 2.75) is 49.9 Å². The van der Waals surface area contributed by atoms with Crippen LogP contribution in [0.4, 0.5) is 0 Å². The molecule has 0 radical (unpaired) electrons. The second-order valence-corrected chi connectivity index (χ2v) is 9.43. The molecule has 148 valence electrons. The minimum atomic E-state index is -0.237. The van der Waals surface area contributed by atoms with Crippen molar-refractivity contribution >= 4 is 29.0 Å². The molecule has 1 aliphatic carbocycles. The third kappa shape index (κ3) is 4.73. The first-order chi connectivity index (χ1) is 13.0. The molecular weight excluding hydrogens is 380 g/mol. The minimum absolute atomic E-state index is 0.0150. The monoisotopic (exact) mass is 408 g/mol. The van der Waals surface area contributed by atoms with Crippen molar-refractivity contribution in [2.24, 2.45) is 13.0 Å². The van der Waals surface area contributed by atoms with E-state index < -0.39 is 0 Å². The molecule has 2 aromatic rings. The first-order valence-corrected chi connectivity index (χ1v) is 11.2. The van der Waals surface area contributed by atoms with Gasteiger partial charge in [-0.1, -0.05) is 25.1 Å². The van der Waals surface area contributed by atoms with Gasteiger partial charge in [-0.25, -0.2) is 0 Å². The number of aryl methyl sites for hydroxylation is 1. The van der Waals surface area contributed by atoms with Gasteiger partial charge in [0, 0.05) is 25.6 Å². The van der Waals surface area contributed by atoms with Crippen molar-refractivity contribution < 1.29 is 9.53 Å². The number of methoxy groups -OCH3 is 1. The summed E-state index contributed by atoms with van der Waals surface area (Å²) in [5, 5.41) is 12.1. The van der Waals surface area contributed by atoms with Crippen molar-refractivity contribution in [3.05, 3.63) is 16.5 Å². The van der Waals surface area contributed by atoms with Crippen LogP contribution in [0.5, 0.6) is 0 Å². The largest absolute Gasteiger partial charge is 0.383 e. The lowest BCUT2D eigenvalue weighted by Gasteiger charge is -2.19. The van der Waals surface area contributed by atoms with Crippen molar-refractivity contribution in [3.63, 3.8) is 0 Å². The Labute approximate surface area is 169 Å². The Bertz CT molecular complexity index is 787. The molecule has 0 saturated carbocycles. The highest BCUT2D eigenvalue weighted by Crippen LogP contribution is 2.38. The molecule has 0 aromatic carbocycles. The molecule has 8 heteroatoms. The van der Waals surface area contributed by atoms with Crippen LogP contribution in [-0.4, -0.2) is 46.2 Å². The fourth-order valence-electron chi connectivity index (χ4n) is 3.32. The zero-order valence-electron chi connectivity index (χ0n) is 16.4. The number of fused-ring (bicyclic) bond motifs is 1. The minimum Gasteiger partial charge on any atom is -0.383 e. The molecule has 0 spiro atoms. The lowest BCUT2D eigenvalue weighted by atomic mass is 9.87. The number of carbonyl (C=O) groups excluding carboxylic acids is 1. The van der Waals surface area contributed by atoms with Gasteiger partial charge in [-0.2, -0.15) is 0 Å². The molecule has 1 amide bonds. The fraction of sp³-hybridized carbons (Fsp3) is 0.632. The Hall–Kier alpha value is -1.38. The van der Waals surface area contributed by atoms with Crippen LogP contribution in [0.1, 0.15) is 37.1 Å². The van der Waals surface area contributed by atoms with Gasteiger partial charge in [0.2, 0.25) is 5.91 Å². The first kappa shape index (κ1) is 20.4. The number of thioether (sulfide) groups is 1. The van der Waals surface area contributed by atoms with E-state index in [-0.39, 0.29) is 11.2 Å². The van der Waals surface area contributed by atoms with Crippen molar-refractivity contribution in [3.8, 4) is 10.7 Å². The Morgan fingerprint density at radius 2 is 2.33 bits per heavy atom. The van der Waals surface area contributed by atoms with Gasteiger partial charge in [0.1, 0.15) is 0 Å². The van der Waals surface area contributed by atoms with Crippen molar-refractivity contribution in [2.75, 3.05) is 20.3 Å². The number of nitrogens with zero attached hydrogens (tertiary/aromatic N) is 3. The summed E-state index contributed by atoms with van der Waals surface area (Å²) in [5.74, 6) is 1.68. The van der Waals surface area contributed by atoms with E-state index in [0.29, 0.717) is 13.2 Å². The highest BCUT2D eigenvalue weighted by molar-refractivity contribution is 8.00. The van der Waals surface area contributed by atoms with Gasteiger partial charge in [-0.3, -0.25) is 4.79 Å². The van der Waals surface area contributed by atoms with Crippen LogP contribution in [0, 0.1) is 5.92 Å². The van der Waals surface area contributed by atoms with Crippen LogP contribution in [0.2, 0.25) is 0 Å². The van der Waals surface area contributed by atoms with Gasteiger partial charge < -0.3 is 14.6 Å². The van der Waals surface area contributed by atoms with Crippen LogP contribution in [0.15, 0.2) is 11.2 Å². The van der Waals surface area contributed by atoms with E-state index in [0.717, 1.165) is 16.9 Å². The van der Waals surface area contributed by atoms with E-state index in [2.05, 4.69) is 28.5 Å². The number of thiophene rings is 1. The molecule has 1 N–H and O–H groups in total. The topological polar surface area (TPSA) is 69.0 Å². The Balaban J connectivity index is 1.69. The summed E-state index contributed by atoms with van der Waals surface area (Å²) < 4.78 is 6.96. The van der Waals surface area contributed by atoms with Crippen LogP contribution in [0.3, 0.4) is 0 Å². The Kier molecular flexibility index (Phi) is 6.94. The maximum absolute atomic E-state index is 12.2. The van der Waals surface area contributed by atoms with Gasteiger partial charge in [-0.15, -0.1) is 21.5 Å². The van der Waals surface area contributed by atoms with Crippen LogP contribution in [0.25, 0.3) is 10.7 Å². The summed E-state index contributed by atoms with van der Waals surface area (Å²) in [6.07, 6.45) is 4.90. The van der Waals surface area contributed by atoms with E-state index in [1.807, 2.05) is 29.9 Å². The zero-order valence-corrected chi connectivity index (χ0v) is 18.1. The number of hydrogen-bond donors (Lipinski definition) is 1. The number of rotatable bonds is 8. The quantitative estimate of drug-likeness (QED) is 0.536. The Morgan fingerprint density at radius 3 is 3.07 bits per heavy atom. The molecule has 0 aliphatic heterocycles. The van der Waals surface area contributed by atoms with E-state index in [9.17, 15) is 4.79 Å². The normalized spacial score (nSPS) is 17.6. The number of ether oxygens (including phenoxy) is 1. The van der Waals surface area contributed by atoms with E-state index in [1.54, 1.807) is 7.11 Å². The predicted molar refractivity (Wildman–Crippen MR) is 110 cm³/mol. The number of aromatic nitrogens is 3. The van der Waals surface area contributed by atoms with Gasteiger partial charge in [0.05, 0.1) is 16.7 Å². The average Bonchev–Trinajstić information content (AvgIpc) is 3.24. The fourth-order valence-corrected chi connectivity index (χ4v) is 5.39. The highest BCUT2D eigenvalue weighted by Gasteiger charge is 2.23. The molecule has 2 atom stereocenters. The van der Waals surface area contributed by atoms with Crippen molar-refractivity contribution in [1.82, 2.24) is 20.1 Å². The summed E-state index contributed by atoms with van der Waals surface area (Å²) in [5.41, 5.74) is 1.48. The summed E-state index contributed by atoms with van der Waals surface area (Å²) >= 11 is 3.27. The summed E-state index contributed by atoms with van der Waals surface area (Å²) in [7, 11) is 3.59. The summed E-state index contributed by atoms with van der Waals surface area (Å²) in [6.45, 7) is 5.20. The van der Waals surface area contributed by atoms with Gasteiger partial charge in [0.15, 0.2) is 11.0 Å². The van der Waals surface area contributed by atoms with E-state index in [1.165, 1.54) is 52.8 Å². The Morgan fingerprint density at radius 1 is 1.52 bits per heavy atom. The molecule has 2 heterocycles. The van der Waals surface area contributed by atoms with Crippen LogP contribution >= 0.6 is 23.1 Å². The standard InChI is InChI=1S/C19H28N4O2S2/c1-5-13-6-7-15-14(10-13)11-16(27-15)17-21-22-19(23(17)3)26-12(2)18(24)20-8-9-25-4/h11-13H,5-10H2,1-4H3,(H,20,24)/t12-,13+/m1/s1. The predicted octanol–water partition coefficient (Wildman–Crippen LogP) is 3.30. The third-order valence-corrected chi connectivity index (χ3v) is 7.44. The second kappa shape index (κ2) is 9.21. The van der Waals surface area contributed by atoms with E-state index >= 15 is 0 Å². The van der Waals surface area contributed by atoms with Crippen LogP contribution < -0.4 is 5.32 Å². The molecule has 0 fully saturated rings. The zero-order chi connectivity index (χ0) is 19.4. The number of nitrogens with one attached hydrogen (secondary N) is 1. The smallest absolute Gasteiger partial charge is 0.233 e. The number of amides is 1. The van der Waals surface area contributed by atoms with Gasteiger partial charge >= 0.3 is 0 Å². The average molecular weight is 409 g/mol. The van der Waals surface area contributed by atoms with Gasteiger partial charge in [-0.05, 0) is 43.7 Å². The molecular formula is C19H28N4O2S2. The van der Waals surface area contributed by atoms with Crippen LogP contribution in [-0.2, 0) is 29.4 Å². The molecule has 0 bridgehead atoms. The molecule has 2 aromatic heterocycles. The SMILES string of the molecule is CC[C@H]1CCc2sc(-c3nnc(S[C@H](C)C(=O)NCCOC)n3C)cc2C1. The molecule has 0 unspecified atom stereocenters. The molecule has 0 saturated heterocycles. The van der Waals surface area contributed by atoms with Gasteiger partial charge in [0.25, 0.3) is 0 Å². The molecule has 27 heavy (non-hydrogen) atoms. The number of carbonyl (C=O) groups is 1. The summed E-state index contributed by atoms with van der Waals surface area (Å²) in [6, 6.07) is 2.29.